The summed E-state index contributed by atoms with van der Waals surface area (Å²) in [4.78, 5) is 40.5. The van der Waals surface area contributed by atoms with E-state index in [-0.39, 0.29) is 0 Å². The third-order valence-corrected chi connectivity index (χ3v) is 2.16. The zero-order valence-corrected chi connectivity index (χ0v) is 8.80. The number of amides is 4. The lowest BCUT2D eigenvalue weighted by atomic mass is 10.1. The molecule has 0 spiro atoms. The van der Waals surface area contributed by atoms with Gasteiger partial charge in [-0.05, 0) is 11.1 Å². The van der Waals surface area contributed by atoms with Crippen LogP contribution in [-0.2, 0) is 9.59 Å². The summed E-state index contributed by atoms with van der Waals surface area (Å²) in [5.41, 5.74) is 14.1. The summed E-state index contributed by atoms with van der Waals surface area (Å²) in [5, 5.41) is 5.86. The van der Waals surface area contributed by atoms with E-state index in [1.54, 1.807) is 0 Å². The van der Waals surface area contributed by atoms with Crippen molar-refractivity contribution in [2.24, 2.45) is 10.2 Å². The maximum atomic E-state index is 11.7. The van der Waals surface area contributed by atoms with Gasteiger partial charge >= 0.3 is 6.03 Å². The summed E-state index contributed by atoms with van der Waals surface area (Å²) in [6.45, 7) is 0. The number of likely N-dealkylation sites (N-methyl/N-ethyl adjacent to an activating group) is 2. The number of azide groups is 1. The highest BCUT2D eigenvalue weighted by Crippen LogP contribution is 2.25. The van der Waals surface area contributed by atoms with Crippen molar-refractivity contribution in [1.29, 1.82) is 0 Å². The largest absolute Gasteiger partial charge is 0.332 e. The van der Waals surface area contributed by atoms with Crippen LogP contribution < -0.4 is 0 Å². The third-order valence-electron chi connectivity index (χ3n) is 2.16. The summed E-state index contributed by atoms with van der Waals surface area (Å²) in [7, 11) is 2.14. The summed E-state index contributed by atoms with van der Waals surface area (Å²) < 4.78 is 0. The standard InChI is InChI=1S/C6H6N8O3/c1-13-3(15)6(9-11-7,10-12-8)4(16)14(2)5(13)17/h1-2H3. The number of urea groups is 1. The zero-order valence-electron chi connectivity index (χ0n) is 8.80. The first kappa shape index (κ1) is 12.3. The van der Waals surface area contributed by atoms with Crippen LogP contribution in [0.2, 0.25) is 0 Å². The van der Waals surface area contributed by atoms with Gasteiger partial charge in [0.2, 0.25) is 0 Å². The molecule has 88 valence electrons. The average molecular weight is 238 g/mol. The molecule has 0 bridgehead atoms. The Bertz CT molecular complexity index is 455. The first-order chi connectivity index (χ1) is 7.92. The van der Waals surface area contributed by atoms with Crippen molar-refractivity contribution >= 4 is 17.8 Å². The lowest BCUT2D eigenvalue weighted by molar-refractivity contribution is -0.149. The van der Waals surface area contributed by atoms with Gasteiger partial charge in [0.15, 0.2) is 0 Å². The van der Waals surface area contributed by atoms with Crippen molar-refractivity contribution < 1.29 is 14.4 Å². The van der Waals surface area contributed by atoms with E-state index in [0.717, 1.165) is 14.1 Å². The quantitative estimate of drug-likeness (QED) is 0.295. The Morgan fingerprint density at radius 2 is 1.35 bits per heavy atom. The van der Waals surface area contributed by atoms with Gasteiger partial charge in [-0.15, -0.1) is 0 Å². The molecule has 1 fully saturated rings. The molecule has 1 rings (SSSR count). The number of nitrogens with zero attached hydrogens (tertiary/aromatic N) is 8. The molecule has 0 saturated carbocycles. The second kappa shape index (κ2) is 4.00. The molecule has 11 nitrogen and oxygen atoms in total. The molecule has 0 aromatic carbocycles. The van der Waals surface area contributed by atoms with E-state index in [0.29, 0.717) is 9.80 Å². The minimum absolute atomic E-state index is 0.532. The first-order valence-electron chi connectivity index (χ1n) is 4.15. The molecule has 0 aromatic heterocycles. The van der Waals surface area contributed by atoms with E-state index in [9.17, 15) is 14.4 Å². The van der Waals surface area contributed by atoms with Crippen LogP contribution in [0.1, 0.15) is 0 Å². The fourth-order valence-corrected chi connectivity index (χ4v) is 1.28. The van der Waals surface area contributed by atoms with Crippen molar-refractivity contribution in [3.8, 4) is 0 Å². The summed E-state index contributed by atoms with van der Waals surface area (Å²) in [6.07, 6.45) is 0. The van der Waals surface area contributed by atoms with Crippen molar-refractivity contribution in [2.75, 3.05) is 14.1 Å². The van der Waals surface area contributed by atoms with Crippen LogP contribution in [0.25, 0.3) is 20.9 Å². The number of imide groups is 2. The number of hydrogen-bond acceptors (Lipinski definition) is 5. The second-order valence-corrected chi connectivity index (χ2v) is 3.06. The normalized spacial score (nSPS) is 18.6. The summed E-state index contributed by atoms with van der Waals surface area (Å²) >= 11 is 0. The number of carbonyl (C=O) groups is 3. The first-order valence-corrected chi connectivity index (χ1v) is 4.15. The molecule has 0 N–H and O–H groups in total. The highest BCUT2D eigenvalue weighted by molar-refractivity contribution is 6.21. The highest BCUT2D eigenvalue weighted by Gasteiger charge is 2.55. The number of hydrogen-bond donors (Lipinski definition) is 0. The van der Waals surface area contributed by atoms with Gasteiger partial charge < -0.3 is 0 Å². The van der Waals surface area contributed by atoms with Crippen LogP contribution in [-0.4, -0.2) is 47.4 Å². The van der Waals surface area contributed by atoms with E-state index in [1.807, 2.05) is 0 Å². The van der Waals surface area contributed by atoms with Gasteiger partial charge in [0.25, 0.3) is 17.5 Å². The predicted octanol–water partition coefficient (Wildman–Crippen LogP) is 0.354. The van der Waals surface area contributed by atoms with Crippen LogP contribution in [0.5, 0.6) is 0 Å². The lowest BCUT2D eigenvalue weighted by Crippen LogP contribution is -2.65. The van der Waals surface area contributed by atoms with Crippen molar-refractivity contribution in [1.82, 2.24) is 9.80 Å². The van der Waals surface area contributed by atoms with E-state index in [1.165, 1.54) is 0 Å². The molecule has 0 aliphatic carbocycles. The van der Waals surface area contributed by atoms with Crippen molar-refractivity contribution in [3.63, 3.8) is 0 Å². The molecule has 11 heteroatoms. The van der Waals surface area contributed by atoms with Crippen LogP contribution >= 0.6 is 0 Å². The molecule has 0 atom stereocenters. The Labute approximate surface area is 93.8 Å². The smallest absolute Gasteiger partial charge is 0.273 e. The molecule has 1 heterocycles. The number of rotatable bonds is 2. The fourth-order valence-electron chi connectivity index (χ4n) is 1.28. The van der Waals surface area contributed by atoms with Crippen LogP contribution in [0, 0.1) is 0 Å². The van der Waals surface area contributed by atoms with Gasteiger partial charge in [-0.3, -0.25) is 19.4 Å². The Hall–Kier alpha value is -2.77. The third kappa shape index (κ3) is 1.51. The minimum atomic E-state index is -2.61. The van der Waals surface area contributed by atoms with Crippen LogP contribution in [0.3, 0.4) is 0 Å². The summed E-state index contributed by atoms with van der Waals surface area (Å²) in [6, 6.07) is -0.906. The van der Waals surface area contributed by atoms with E-state index >= 15 is 0 Å². The van der Waals surface area contributed by atoms with E-state index in [4.69, 9.17) is 11.1 Å². The van der Waals surface area contributed by atoms with Gasteiger partial charge in [-0.2, -0.15) is 0 Å². The molecule has 17 heavy (non-hydrogen) atoms. The van der Waals surface area contributed by atoms with Gasteiger partial charge in [0.05, 0.1) is 0 Å². The fraction of sp³-hybridized carbons (Fsp3) is 0.500. The molecule has 1 aliphatic heterocycles. The Morgan fingerprint density at radius 3 is 1.65 bits per heavy atom. The number of barbiturate groups is 1. The van der Waals surface area contributed by atoms with Crippen molar-refractivity contribution in [3.05, 3.63) is 20.9 Å². The van der Waals surface area contributed by atoms with E-state index in [2.05, 4.69) is 20.1 Å². The Balaban J connectivity index is 3.52. The van der Waals surface area contributed by atoms with Gasteiger partial charge in [-0.25, -0.2) is 4.79 Å². The predicted molar refractivity (Wildman–Crippen MR) is 52.0 cm³/mol. The molecule has 1 aliphatic rings. The SMILES string of the molecule is CN1C(=O)N(C)C(=O)C(N=[N+]=[N-])(N=[N+]=[N-])C1=O. The van der Waals surface area contributed by atoms with E-state index < -0.39 is 23.5 Å². The van der Waals surface area contributed by atoms with Crippen LogP contribution in [0.15, 0.2) is 10.2 Å². The highest BCUT2D eigenvalue weighted by atomic mass is 16.2. The molecular weight excluding hydrogens is 232 g/mol. The molecule has 4 amide bonds. The van der Waals surface area contributed by atoms with Gasteiger partial charge in [0.1, 0.15) is 0 Å². The molecular formula is C6H6N8O3. The molecule has 0 unspecified atom stereocenters. The second-order valence-electron chi connectivity index (χ2n) is 3.06. The maximum absolute atomic E-state index is 11.7. The van der Waals surface area contributed by atoms with Crippen LogP contribution in [0.4, 0.5) is 4.79 Å². The Morgan fingerprint density at radius 1 is 1.00 bits per heavy atom. The molecule has 0 aromatic rings. The van der Waals surface area contributed by atoms with Crippen molar-refractivity contribution in [2.45, 2.75) is 5.66 Å². The van der Waals surface area contributed by atoms with Gasteiger partial charge in [-0.1, -0.05) is 10.2 Å². The monoisotopic (exact) mass is 238 g/mol. The van der Waals surface area contributed by atoms with Gasteiger partial charge in [0, 0.05) is 23.9 Å². The molecule has 1 saturated heterocycles. The average Bonchev–Trinajstić information content (AvgIpc) is 2.32. The zero-order chi connectivity index (χ0) is 13.2. The number of carbonyl (C=O) groups excluding carboxylic acids is 3. The Kier molecular flexibility index (Phi) is 2.90. The lowest BCUT2D eigenvalue weighted by Gasteiger charge is -2.35. The maximum Gasteiger partial charge on any atom is 0.332 e. The summed E-state index contributed by atoms with van der Waals surface area (Å²) in [5.74, 6) is -2.39. The topological polar surface area (TPSA) is 155 Å². The minimum Gasteiger partial charge on any atom is -0.273 e. The molecule has 0 radical (unpaired) electrons.